The van der Waals surface area contributed by atoms with Crippen LogP contribution < -0.4 is 5.32 Å². The minimum absolute atomic E-state index is 0.0599. The Bertz CT molecular complexity index is 583. The lowest BCUT2D eigenvalue weighted by Crippen LogP contribution is -2.13. The average Bonchev–Trinajstić information content (AvgIpc) is 3.12. The second-order valence-electron chi connectivity index (χ2n) is 5.88. The summed E-state index contributed by atoms with van der Waals surface area (Å²) in [6.45, 7) is 0. The normalized spacial score (nSPS) is 16.4. The van der Waals surface area contributed by atoms with Crippen molar-refractivity contribution in [3.8, 4) is 0 Å². The van der Waals surface area contributed by atoms with Crippen LogP contribution in [0.1, 0.15) is 62.4 Å². The molecule has 3 N–H and O–H groups in total. The van der Waals surface area contributed by atoms with Crippen LogP contribution >= 0.6 is 0 Å². The molecule has 7 heteroatoms. The van der Waals surface area contributed by atoms with Gasteiger partial charge in [0.05, 0.1) is 0 Å². The van der Waals surface area contributed by atoms with Crippen molar-refractivity contribution < 1.29 is 4.79 Å². The summed E-state index contributed by atoms with van der Waals surface area (Å²) in [5.41, 5.74) is 1.15. The molecule has 3 rings (SSSR count). The number of carbonyl (C=O) groups is 1. The molecule has 0 aliphatic heterocycles. The fourth-order valence-electron chi connectivity index (χ4n) is 2.99. The first kappa shape index (κ1) is 14.7. The monoisotopic (exact) mass is 302 g/mol. The van der Waals surface area contributed by atoms with Crippen molar-refractivity contribution in [1.29, 1.82) is 0 Å². The lowest BCUT2D eigenvalue weighted by Gasteiger charge is -2.10. The van der Waals surface area contributed by atoms with Crippen LogP contribution in [0.5, 0.6) is 0 Å². The lowest BCUT2D eigenvalue weighted by molar-refractivity contribution is -0.116. The fourth-order valence-corrected chi connectivity index (χ4v) is 2.99. The van der Waals surface area contributed by atoms with Crippen molar-refractivity contribution >= 4 is 11.7 Å². The van der Waals surface area contributed by atoms with Gasteiger partial charge in [-0.1, -0.05) is 25.7 Å². The van der Waals surface area contributed by atoms with Crippen LogP contribution in [0, 0.1) is 0 Å². The van der Waals surface area contributed by atoms with Crippen molar-refractivity contribution in [2.24, 2.45) is 0 Å². The number of nitrogens with one attached hydrogen (secondary N) is 3. The summed E-state index contributed by atoms with van der Waals surface area (Å²) < 4.78 is 0. The summed E-state index contributed by atoms with van der Waals surface area (Å²) in [6.07, 6.45) is 9.99. The van der Waals surface area contributed by atoms with E-state index >= 15 is 0 Å². The van der Waals surface area contributed by atoms with E-state index in [1.54, 1.807) is 0 Å². The second kappa shape index (κ2) is 7.20. The van der Waals surface area contributed by atoms with E-state index in [0.717, 1.165) is 11.5 Å². The van der Waals surface area contributed by atoms with Crippen LogP contribution in [0.4, 0.5) is 5.82 Å². The lowest BCUT2D eigenvalue weighted by atomic mass is 9.97. The molecule has 1 amide bonds. The molecule has 1 aliphatic rings. The van der Waals surface area contributed by atoms with Gasteiger partial charge >= 0.3 is 0 Å². The average molecular weight is 302 g/mol. The van der Waals surface area contributed by atoms with Gasteiger partial charge in [0.2, 0.25) is 5.91 Å². The van der Waals surface area contributed by atoms with E-state index in [4.69, 9.17) is 0 Å². The van der Waals surface area contributed by atoms with Gasteiger partial charge < -0.3 is 5.32 Å². The summed E-state index contributed by atoms with van der Waals surface area (Å²) in [5.74, 6) is 1.82. The van der Waals surface area contributed by atoms with Crippen molar-refractivity contribution in [3.05, 3.63) is 23.9 Å². The Kier molecular flexibility index (Phi) is 4.82. The molecule has 0 bridgehead atoms. The molecule has 1 aliphatic carbocycles. The molecular weight excluding hydrogens is 280 g/mol. The summed E-state index contributed by atoms with van der Waals surface area (Å²) in [4.78, 5) is 15.9. The summed E-state index contributed by atoms with van der Waals surface area (Å²) >= 11 is 0. The predicted octanol–water partition coefficient (Wildman–Crippen LogP) is 2.54. The number of amides is 1. The molecule has 0 aromatic carbocycles. The zero-order valence-electron chi connectivity index (χ0n) is 12.6. The fraction of sp³-hybridized carbons (Fsp3) is 0.600. The first-order valence-electron chi connectivity index (χ1n) is 8.00. The summed E-state index contributed by atoms with van der Waals surface area (Å²) in [5, 5.41) is 16.6. The minimum atomic E-state index is -0.0599. The van der Waals surface area contributed by atoms with Crippen LogP contribution in [0.3, 0.4) is 0 Å². The van der Waals surface area contributed by atoms with E-state index in [2.05, 4.69) is 30.7 Å². The largest absolute Gasteiger partial charge is 0.309 e. The number of rotatable bonds is 5. The van der Waals surface area contributed by atoms with Crippen LogP contribution in [-0.2, 0) is 11.2 Å². The SMILES string of the molecule is O=C(CCc1ncn[nH]1)Nc1cc(C2CCCCCC2)[nH]n1. The Balaban J connectivity index is 1.51. The van der Waals surface area contributed by atoms with Gasteiger partial charge in [-0.05, 0) is 12.8 Å². The third-order valence-corrected chi connectivity index (χ3v) is 4.21. The van der Waals surface area contributed by atoms with E-state index in [9.17, 15) is 4.79 Å². The highest BCUT2D eigenvalue weighted by Gasteiger charge is 2.17. The van der Waals surface area contributed by atoms with Crippen molar-refractivity contribution in [1.82, 2.24) is 25.4 Å². The molecule has 0 radical (unpaired) electrons. The number of aryl methyl sites for hydroxylation is 1. The van der Waals surface area contributed by atoms with Gasteiger partial charge in [0.25, 0.3) is 0 Å². The number of hydrogen-bond acceptors (Lipinski definition) is 4. The minimum Gasteiger partial charge on any atom is -0.309 e. The van der Waals surface area contributed by atoms with Crippen molar-refractivity contribution in [3.63, 3.8) is 0 Å². The van der Waals surface area contributed by atoms with Crippen LogP contribution in [0.25, 0.3) is 0 Å². The molecule has 0 saturated heterocycles. The van der Waals surface area contributed by atoms with E-state index in [0.29, 0.717) is 24.6 Å². The number of hydrogen-bond donors (Lipinski definition) is 3. The number of aromatic nitrogens is 5. The van der Waals surface area contributed by atoms with Gasteiger partial charge in [-0.2, -0.15) is 10.2 Å². The van der Waals surface area contributed by atoms with E-state index in [1.165, 1.54) is 44.9 Å². The van der Waals surface area contributed by atoms with Gasteiger partial charge in [0.15, 0.2) is 5.82 Å². The molecule has 1 saturated carbocycles. The molecule has 7 nitrogen and oxygen atoms in total. The molecular formula is C15H22N6O. The number of anilines is 1. The Hall–Kier alpha value is -2.18. The van der Waals surface area contributed by atoms with Crippen LogP contribution in [0.2, 0.25) is 0 Å². The number of carbonyl (C=O) groups excluding carboxylic acids is 1. The third-order valence-electron chi connectivity index (χ3n) is 4.21. The first-order valence-corrected chi connectivity index (χ1v) is 8.00. The quantitative estimate of drug-likeness (QED) is 0.739. The Labute approximate surface area is 129 Å². The first-order chi connectivity index (χ1) is 10.8. The highest BCUT2D eigenvalue weighted by molar-refractivity contribution is 5.89. The van der Waals surface area contributed by atoms with Crippen molar-refractivity contribution in [2.45, 2.75) is 57.3 Å². The molecule has 0 spiro atoms. The third kappa shape index (κ3) is 3.93. The molecule has 2 aromatic heterocycles. The maximum Gasteiger partial charge on any atom is 0.226 e. The van der Waals surface area contributed by atoms with Gasteiger partial charge in [-0.25, -0.2) is 4.98 Å². The zero-order chi connectivity index (χ0) is 15.2. The molecule has 0 atom stereocenters. The van der Waals surface area contributed by atoms with E-state index < -0.39 is 0 Å². The van der Waals surface area contributed by atoms with E-state index in [-0.39, 0.29) is 5.91 Å². The standard InChI is InChI=1S/C15H22N6O/c22-15(8-7-13-16-10-17-20-13)18-14-9-12(19-21-14)11-5-3-1-2-4-6-11/h9-11H,1-8H2,(H,16,17,20)(H2,18,19,21,22). The summed E-state index contributed by atoms with van der Waals surface area (Å²) in [6, 6.07) is 1.97. The van der Waals surface area contributed by atoms with Crippen molar-refractivity contribution in [2.75, 3.05) is 5.32 Å². The Morgan fingerprint density at radius 1 is 1.23 bits per heavy atom. The topological polar surface area (TPSA) is 99.4 Å². The number of aromatic amines is 2. The molecule has 2 heterocycles. The number of nitrogens with zero attached hydrogens (tertiary/aromatic N) is 3. The molecule has 22 heavy (non-hydrogen) atoms. The van der Waals surface area contributed by atoms with Gasteiger partial charge in [-0.15, -0.1) is 0 Å². The Morgan fingerprint density at radius 3 is 2.77 bits per heavy atom. The maximum absolute atomic E-state index is 11.9. The van der Waals surface area contributed by atoms with Crippen LogP contribution in [0.15, 0.2) is 12.4 Å². The molecule has 118 valence electrons. The van der Waals surface area contributed by atoms with Gasteiger partial charge in [0, 0.05) is 30.5 Å². The van der Waals surface area contributed by atoms with E-state index in [1.807, 2.05) is 6.07 Å². The molecule has 1 fully saturated rings. The Morgan fingerprint density at radius 2 is 2.05 bits per heavy atom. The smallest absolute Gasteiger partial charge is 0.226 e. The highest BCUT2D eigenvalue weighted by atomic mass is 16.1. The number of H-pyrrole nitrogens is 2. The zero-order valence-corrected chi connectivity index (χ0v) is 12.6. The molecule has 2 aromatic rings. The predicted molar refractivity (Wildman–Crippen MR) is 82.4 cm³/mol. The maximum atomic E-state index is 11.9. The van der Waals surface area contributed by atoms with Crippen LogP contribution in [-0.4, -0.2) is 31.3 Å². The van der Waals surface area contributed by atoms with Gasteiger partial charge in [-0.3, -0.25) is 15.0 Å². The second-order valence-corrected chi connectivity index (χ2v) is 5.88. The van der Waals surface area contributed by atoms with Gasteiger partial charge in [0.1, 0.15) is 12.2 Å². The highest BCUT2D eigenvalue weighted by Crippen LogP contribution is 2.31. The summed E-state index contributed by atoms with van der Waals surface area (Å²) in [7, 11) is 0. The molecule has 0 unspecified atom stereocenters.